The van der Waals surface area contributed by atoms with Crippen LogP contribution in [0.1, 0.15) is 52.9 Å². The van der Waals surface area contributed by atoms with Crippen molar-refractivity contribution >= 4 is 5.78 Å². The summed E-state index contributed by atoms with van der Waals surface area (Å²) in [5.74, 6) is 2.39. The Morgan fingerprint density at radius 2 is 2.12 bits per heavy atom. The van der Waals surface area contributed by atoms with Gasteiger partial charge in [0.1, 0.15) is 5.78 Å². The van der Waals surface area contributed by atoms with Gasteiger partial charge in [0.05, 0.1) is 0 Å². The molecule has 1 saturated heterocycles. The zero-order chi connectivity index (χ0) is 12.0. The van der Waals surface area contributed by atoms with E-state index in [0.29, 0.717) is 17.6 Å². The standard InChI is InChI=1S/C14H27NO/c1-11(2)6-7-14(16)9-12(3)13-5-4-8-15-10-13/h11-13,15H,4-10H2,1-3H3. The van der Waals surface area contributed by atoms with Crippen molar-refractivity contribution in [3.8, 4) is 0 Å². The maximum atomic E-state index is 11.8. The molecule has 0 aliphatic carbocycles. The van der Waals surface area contributed by atoms with Crippen molar-refractivity contribution in [2.75, 3.05) is 13.1 Å². The van der Waals surface area contributed by atoms with Crippen LogP contribution >= 0.6 is 0 Å². The second-order valence-electron chi connectivity index (χ2n) is 5.76. The summed E-state index contributed by atoms with van der Waals surface area (Å²) in [7, 11) is 0. The van der Waals surface area contributed by atoms with Crippen molar-refractivity contribution in [3.63, 3.8) is 0 Å². The Kier molecular flexibility index (Phi) is 6.04. The molecule has 94 valence electrons. The number of rotatable bonds is 6. The van der Waals surface area contributed by atoms with Gasteiger partial charge in [-0.1, -0.05) is 20.8 Å². The van der Waals surface area contributed by atoms with Crippen LogP contribution in [0.4, 0.5) is 0 Å². The third-order valence-corrected chi connectivity index (χ3v) is 3.69. The summed E-state index contributed by atoms with van der Waals surface area (Å²) >= 11 is 0. The Hall–Kier alpha value is -0.370. The van der Waals surface area contributed by atoms with Gasteiger partial charge in [-0.05, 0) is 50.1 Å². The molecule has 2 heteroatoms. The highest BCUT2D eigenvalue weighted by molar-refractivity contribution is 5.78. The second kappa shape index (κ2) is 7.05. The van der Waals surface area contributed by atoms with Gasteiger partial charge < -0.3 is 5.32 Å². The van der Waals surface area contributed by atoms with Gasteiger partial charge in [0, 0.05) is 12.8 Å². The highest BCUT2D eigenvalue weighted by Crippen LogP contribution is 2.23. The molecule has 16 heavy (non-hydrogen) atoms. The quantitative estimate of drug-likeness (QED) is 0.753. The summed E-state index contributed by atoms with van der Waals surface area (Å²) < 4.78 is 0. The first-order valence-corrected chi connectivity index (χ1v) is 6.82. The predicted octanol–water partition coefficient (Wildman–Crippen LogP) is 3.02. The van der Waals surface area contributed by atoms with Crippen LogP contribution in [0.25, 0.3) is 0 Å². The summed E-state index contributed by atoms with van der Waals surface area (Å²) in [6, 6.07) is 0. The van der Waals surface area contributed by atoms with E-state index in [4.69, 9.17) is 0 Å². The molecule has 2 atom stereocenters. The molecule has 0 radical (unpaired) electrons. The fourth-order valence-corrected chi connectivity index (χ4v) is 2.44. The molecule has 0 saturated carbocycles. The summed E-state index contributed by atoms with van der Waals surface area (Å²) in [5.41, 5.74) is 0. The van der Waals surface area contributed by atoms with Crippen molar-refractivity contribution in [2.24, 2.45) is 17.8 Å². The lowest BCUT2D eigenvalue weighted by atomic mass is 9.83. The van der Waals surface area contributed by atoms with E-state index in [2.05, 4.69) is 26.1 Å². The first kappa shape index (κ1) is 13.7. The molecule has 1 aliphatic rings. The van der Waals surface area contributed by atoms with E-state index in [-0.39, 0.29) is 0 Å². The van der Waals surface area contributed by atoms with Gasteiger partial charge in [-0.2, -0.15) is 0 Å². The number of carbonyl (C=O) groups is 1. The number of hydrogen-bond acceptors (Lipinski definition) is 2. The van der Waals surface area contributed by atoms with Gasteiger partial charge in [0.15, 0.2) is 0 Å². The lowest BCUT2D eigenvalue weighted by Gasteiger charge is -2.28. The van der Waals surface area contributed by atoms with Crippen molar-refractivity contribution in [1.29, 1.82) is 0 Å². The predicted molar refractivity (Wildman–Crippen MR) is 68.5 cm³/mol. The molecule has 0 amide bonds. The molecular weight excluding hydrogens is 198 g/mol. The van der Waals surface area contributed by atoms with Crippen molar-refractivity contribution in [2.45, 2.75) is 52.9 Å². The minimum atomic E-state index is 0.465. The first-order chi connectivity index (χ1) is 7.59. The molecule has 0 aromatic carbocycles. The Labute approximate surface area is 100 Å². The molecule has 2 nitrogen and oxygen atoms in total. The average molecular weight is 225 g/mol. The molecule has 1 rings (SSSR count). The molecule has 1 N–H and O–H groups in total. The van der Waals surface area contributed by atoms with Gasteiger partial charge in [-0.25, -0.2) is 0 Å². The minimum absolute atomic E-state index is 0.465. The molecular formula is C14H27NO. The molecule has 1 aliphatic heterocycles. The van der Waals surface area contributed by atoms with E-state index in [1.54, 1.807) is 0 Å². The Balaban J connectivity index is 2.21. The van der Waals surface area contributed by atoms with Crippen molar-refractivity contribution in [3.05, 3.63) is 0 Å². The lowest BCUT2D eigenvalue weighted by molar-refractivity contribution is -0.120. The van der Waals surface area contributed by atoms with Crippen LogP contribution in [0.15, 0.2) is 0 Å². The van der Waals surface area contributed by atoms with E-state index in [1.807, 2.05) is 0 Å². The van der Waals surface area contributed by atoms with Crippen LogP contribution in [-0.2, 0) is 4.79 Å². The van der Waals surface area contributed by atoms with Crippen molar-refractivity contribution < 1.29 is 4.79 Å². The van der Waals surface area contributed by atoms with E-state index >= 15 is 0 Å². The molecule has 0 aromatic heterocycles. The average Bonchev–Trinajstić information content (AvgIpc) is 2.27. The van der Waals surface area contributed by atoms with Crippen molar-refractivity contribution in [1.82, 2.24) is 5.32 Å². The van der Waals surface area contributed by atoms with Crippen LogP contribution in [0.3, 0.4) is 0 Å². The smallest absolute Gasteiger partial charge is 0.133 e. The fourth-order valence-electron chi connectivity index (χ4n) is 2.44. The van der Waals surface area contributed by atoms with E-state index in [9.17, 15) is 4.79 Å². The fraction of sp³-hybridized carbons (Fsp3) is 0.929. The number of piperidine rings is 1. The number of hydrogen-bond donors (Lipinski definition) is 1. The Morgan fingerprint density at radius 1 is 1.38 bits per heavy atom. The van der Waals surface area contributed by atoms with E-state index in [1.165, 1.54) is 12.8 Å². The summed E-state index contributed by atoms with van der Waals surface area (Å²) in [6.45, 7) is 8.87. The van der Waals surface area contributed by atoms with Gasteiger partial charge in [-0.15, -0.1) is 0 Å². The molecule has 2 unspecified atom stereocenters. The largest absolute Gasteiger partial charge is 0.316 e. The highest BCUT2D eigenvalue weighted by Gasteiger charge is 2.21. The molecule has 1 heterocycles. The summed E-state index contributed by atoms with van der Waals surface area (Å²) in [4.78, 5) is 11.8. The van der Waals surface area contributed by atoms with Gasteiger partial charge in [-0.3, -0.25) is 4.79 Å². The van der Waals surface area contributed by atoms with Crippen LogP contribution in [0, 0.1) is 17.8 Å². The van der Waals surface area contributed by atoms with Crippen LogP contribution in [0.5, 0.6) is 0 Å². The number of nitrogens with one attached hydrogen (secondary N) is 1. The maximum Gasteiger partial charge on any atom is 0.133 e. The Bertz CT molecular complexity index is 207. The van der Waals surface area contributed by atoms with Gasteiger partial charge >= 0.3 is 0 Å². The molecule has 0 bridgehead atoms. The number of carbonyl (C=O) groups excluding carboxylic acids is 1. The third-order valence-electron chi connectivity index (χ3n) is 3.69. The van der Waals surface area contributed by atoms with Gasteiger partial charge in [0.25, 0.3) is 0 Å². The topological polar surface area (TPSA) is 29.1 Å². The van der Waals surface area contributed by atoms with Crippen LogP contribution in [0.2, 0.25) is 0 Å². The normalized spacial score (nSPS) is 23.4. The first-order valence-electron chi connectivity index (χ1n) is 6.82. The van der Waals surface area contributed by atoms with Gasteiger partial charge in [0.2, 0.25) is 0 Å². The Morgan fingerprint density at radius 3 is 2.69 bits per heavy atom. The van der Waals surface area contributed by atoms with Crippen LogP contribution < -0.4 is 5.32 Å². The molecule has 1 fully saturated rings. The summed E-state index contributed by atoms with van der Waals surface area (Å²) in [6.07, 6.45) is 5.19. The van der Waals surface area contributed by atoms with Crippen LogP contribution in [-0.4, -0.2) is 18.9 Å². The second-order valence-corrected chi connectivity index (χ2v) is 5.76. The van der Waals surface area contributed by atoms with E-state index in [0.717, 1.165) is 38.3 Å². The number of Topliss-reactive ketones (excluding diaryl/α,β-unsaturated/α-hetero) is 1. The lowest BCUT2D eigenvalue weighted by Crippen LogP contribution is -2.34. The highest BCUT2D eigenvalue weighted by atomic mass is 16.1. The maximum absolute atomic E-state index is 11.8. The zero-order valence-electron chi connectivity index (χ0n) is 11.1. The summed E-state index contributed by atoms with van der Waals surface area (Å²) in [5, 5.41) is 3.43. The third kappa shape index (κ3) is 5.11. The molecule has 0 aromatic rings. The zero-order valence-corrected chi connectivity index (χ0v) is 11.1. The number of ketones is 1. The SMILES string of the molecule is CC(C)CCC(=O)CC(C)C1CCCNC1. The van der Waals surface area contributed by atoms with E-state index < -0.39 is 0 Å². The molecule has 0 spiro atoms. The minimum Gasteiger partial charge on any atom is -0.316 e. The monoisotopic (exact) mass is 225 g/mol.